The molecule has 1 aliphatic carbocycles. The van der Waals surface area contributed by atoms with Crippen LogP contribution in [0.3, 0.4) is 0 Å². The van der Waals surface area contributed by atoms with E-state index in [0.29, 0.717) is 18.4 Å². The molecule has 1 N–H and O–H groups in total. The Morgan fingerprint density at radius 3 is 2.78 bits per heavy atom. The summed E-state index contributed by atoms with van der Waals surface area (Å²) in [6.45, 7) is 1.40. The maximum absolute atomic E-state index is 12.9. The third kappa shape index (κ3) is 4.14. The van der Waals surface area contributed by atoms with Gasteiger partial charge in [0.25, 0.3) is 0 Å². The minimum Gasteiger partial charge on any atom is -0.492 e. The van der Waals surface area contributed by atoms with Crippen molar-refractivity contribution in [2.75, 3.05) is 13.2 Å². The summed E-state index contributed by atoms with van der Waals surface area (Å²) >= 11 is 5.68. The molecule has 1 aromatic rings. The summed E-state index contributed by atoms with van der Waals surface area (Å²) in [6.07, 6.45) is 6.55. The zero-order valence-corrected chi connectivity index (χ0v) is 11.2. The van der Waals surface area contributed by atoms with E-state index in [1.165, 1.54) is 44.2 Å². The molecular weight excluding hydrogens is 253 g/mol. The van der Waals surface area contributed by atoms with Crippen molar-refractivity contribution >= 4 is 11.6 Å². The molecule has 0 radical (unpaired) electrons. The van der Waals surface area contributed by atoms with E-state index in [1.807, 2.05) is 0 Å². The highest BCUT2D eigenvalue weighted by Gasteiger charge is 2.11. The summed E-state index contributed by atoms with van der Waals surface area (Å²) in [5.74, 6) is 0.205. The summed E-state index contributed by atoms with van der Waals surface area (Å²) in [5, 5.41) is 3.59. The lowest BCUT2D eigenvalue weighted by atomic mass is 9.96. The normalized spacial score (nSPS) is 16.8. The van der Waals surface area contributed by atoms with Crippen LogP contribution in [0, 0.1) is 5.82 Å². The molecule has 2 nitrogen and oxygen atoms in total. The van der Waals surface area contributed by atoms with Crippen molar-refractivity contribution in [3.8, 4) is 5.75 Å². The van der Waals surface area contributed by atoms with Gasteiger partial charge in [-0.2, -0.15) is 0 Å². The fourth-order valence-corrected chi connectivity index (χ4v) is 2.48. The Hall–Kier alpha value is -0.800. The summed E-state index contributed by atoms with van der Waals surface area (Å²) < 4.78 is 18.4. The van der Waals surface area contributed by atoms with Crippen molar-refractivity contribution in [3.05, 3.63) is 29.0 Å². The van der Waals surface area contributed by atoms with Gasteiger partial charge in [-0.25, -0.2) is 4.39 Å². The molecule has 0 bridgehead atoms. The number of benzene rings is 1. The molecule has 1 saturated carbocycles. The number of hydrogen-bond acceptors (Lipinski definition) is 2. The SMILES string of the molecule is Fc1ccc(OCCNC2CCCCC2)cc1Cl. The van der Waals surface area contributed by atoms with E-state index < -0.39 is 5.82 Å². The van der Waals surface area contributed by atoms with Gasteiger partial charge in [-0.3, -0.25) is 0 Å². The molecule has 0 amide bonds. The minimum absolute atomic E-state index is 0.104. The third-order valence-corrected chi connectivity index (χ3v) is 3.59. The Kier molecular flexibility index (Phi) is 5.26. The number of ether oxygens (including phenoxy) is 1. The lowest BCUT2D eigenvalue weighted by Gasteiger charge is -2.22. The number of rotatable bonds is 5. The van der Waals surface area contributed by atoms with Gasteiger partial charge in [0.1, 0.15) is 18.2 Å². The van der Waals surface area contributed by atoms with E-state index in [2.05, 4.69) is 5.32 Å². The summed E-state index contributed by atoms with van der Waals surface area (Å²) in [4.78, 5) is 0. The topological polar surface area (TPSA) is 21.3 Å². The zero-order valence-electron chi connectivity index (χ0n) is 10.4. The maximum atomic E-state index is 12.9. The van der Waals surface area contributed by atoms with Crippen molar-refractivity contribution in [1.29, 1.82) is 0 Å². The average molecular weight is 272 g/mol. The summed E-state index contributed by atoms with van der Waals surface area (Å²) in [5.41, 5.74) is 0. The van der Waals surface area contributed by atoms with E-state index in [9.17, 15) is 4.39 Å². The first-order valence-corrected chi connectivity index (χ1v) is 6.95. The Labute approximate surface area is 112 Å². The van der Waals surface area contributed by atoms with Crippen molar-refractivity contribution in [2.24, 2.45) is 0 Å². The summed E-state index contributed by atoms with van der Waals surface area (Å²) in [7, 11) is 0. The fraction of sp³-hybridized carbons (Fsp3) is 0.571. The second-order valence-corrected chi connectivity index (χ2v) is 5.12. The van der Waals surface area contributed by atoms with Gasteiger partial charge in [0.2, 0.25) is 0 Å². The van der Waals surface area contributed by atoms with Crippen LogP contribution >= 0.6 is 11.6 Å². The monoisotopic (exact) mass is 271 g/mol. The standard InChI is InChI=1S/C14H19ClFNO/c15-13-10-12(6-7-14(13)16)18-9-8-17-11-4-2-1-3-5-11/h6-7,10-11,17H,1-5,8-9H2. The van der Waals surface area contributed by atoms with Gasteiger partial charge in [0, 0.05) is 18.7 Å². The Morgan fingerprint density at radius 2 is 2.06 bits per heavy atom. The molecule has 2 rings (SSSR count). The first-order valence-electron chi connectivity index (χ1n) is 6.57. The van der Waals surface area contributed by atoms with Gasteiger partial charge >= 0.3 is 0 Å². The molecule has 0 spiro atoms. The molecule has 1 aliphatic rings. The molecule has 18 heavy (non-hydrogen) atoms. The van der Waals surface area contributed by atoms with Crippen LogP contribution in [0.4, 0.5) is 4.39 Å². The fourth-order valence-electron chi connectivity index (χ4n) is 2.31. The molecule has 0 atom stereocenters. The smallest absolute Gasteiger partial charge is 0.142 e. The predicted molar refractivity (Wildman–Crippen MR) is 71.8 cm³/mol. The molecular formula is C14H19ClFNO. The number of nitrogens with one attached hydrogen (secondary N) is 1. The van der Waals surface area contributed by atoms with Crippen molar-refractivity contribution in [2.45, 2.75) is 38.1 Å². The van der Waals surface area contributed by atoms with E-state index in [4.69, 9.17) is 16.3 Å². The molecule has 1 aromatic carbocycles. The van der Waals surface area contributed by atoms with Gasteiger partial charge in [0.05, 0.1) is 5.02 Å². The van der Waals surface area contributed by atoms with Crippen LogP contribution in [0.2, 0.25) is 5.02 Å². The highest BCUT2D eigenvalue weighted by Crippen LogP contribution is 2.21. The van der Waals surface area contributed by atoms with E-state index >= 15 is 0 Å². The molecule has 0 unspecified atom stereocenters. The molecule has 0 saturated heterocycles. The Bertz CT molecular complexity index is 380. The quantitative estimate of drug-likeness (QED) is 0.823. The predicted octanol–water partition coefficient (Wildman–Crippen LogP) is 3.78. The van der Waals surface area contributed by atoms with Gasteiger partial charge in [0.15, 0.2) is 0 Å². The van der Waals surface area contributed by atoms with Gasteiger partial charge in [-0.1, -0.05) is 30.9 Å². The van der Waals surface area contributed by atoms with Crippen molar-refractivity contribution < 1.29 is 9.13 Å². The lowest BCUT2D eigenvalue weighted by molar-refractivity contribution is 0.289. The molecule has 100 valence electrons. The minimum atomic E-state index is -0.413. The van der Waals surface area contributed by atoms with Crippen LogP contribution in [0.25, 0.3) is 0 Å². The van der Waals surface area contributed by atoms with Crippen LogP contribution in [-0.4, -0.2) is 19.2 Å². The largest absolute Gasteiger partial charge is 0.492 e. The highest BCUT2D eigenvalue weighted by atomic mass is 35.5. The van der Waals surface area contributed by atoms with Gasteiger partial charge < -0.3 is 10.1 Å². The maximum Gasteiger partial charge on any atom is 0.142 e. The van der Waals surface area contributed by atoms with E-state index in [-0.39, 0.29) is 5.02 Å². The van der Waals surface area contributed by atoms with Crippen molar-refractivity contribution in [1.82, 2.24) is 5.32 Å². The van der Waals surface area contributed by atoms with Crippen molar-refractivity contribution in [3.63, 3.8) is 0 Å². The third-order valence-electron chi connectivity index (χ3n) is 3.30. The Balaban J connectivity index is 1.66. The van der Waals surface area contributed by atoms with Crippen LogP contribution in [0.5, 0.6) is 5.75 Å². The van der Waals surface area contributed by atoms with Crippen LogP contribution in [-0.2, 0) is 0 Å². The molecule has 0 heterocycles. The van der Waals surface area contributed by atoms with Gasteiger partial charge in [-0.15, -0.1) is 0 Å². The van der Waals surface area contributed by atoms with Crippen LogP contribution < -0.4 is 10.1 Å². The second kappa shape index (κ2) is 6.95. The summed E-state index contributed by atoms with van der Waals surface area (Å²) in [6, 6.07) is 5.07. The molecule has 4 heteroatoms. The number of hydrogen-bond donors (Lipinski definition) is 1. The lowest BCUT2D eigenvalue weighted by Crippen LogP contribution is -2.34. The van der Waals surface area contributed by atoms with E-state index in [1.54, 1.807) is 6.07 Å². The zero-order chi connectivity index (χ0) is 12.8. The first-order chi connectivity index (χ1) is 8.75. The average Bonchev–Trinajstić information content (AvgIpc) is 2.40. The Morgan fingerprint density at radius 1 is 1.28 bits per heavy atom. The number of halogens is 2. The first kappa shape index (κ1) is 13.6. The van der Waals surface area contributed by atoms with Gasteiger partial charge in [-0.05, 0) is 25.0 Å². The second-order valence-electron chi connectivity index (χ2n) is 4.71. The van der Waals surface area contributed by atoms with E-state index in [0.717, 1.165) is 6.54 Å². The highest BCUT2D eigenvalue weighted by molar-refractivity contribution is 6.30. The molecule has 0 aromatic heterocycles. The molecule has 0 aliphatic heterocycles. The van der Waals surface area contributed by atoms with Crippen LogP contribution in [0.15, 0.2) is 18.2 Å². The van der Waals surface area contributed by atoms with Crippen LogP contribution in [0.1, 0.15) is 32.1 Å². The molecule has 1 fully saturated rings.